The van der Waals surface area contributed by atoms with E-state index in [-0.39, 0.29) is 37.1 Å². The number of amides is 3. The predicted octanol–water partition coefficient (Wildman–Crippen LogP) is 0.241. The molecule has 0 aromatic carbocycles. The van der Waals surface area contributed by atoms with Gasteiger partial charge in [0.1, 0.15) is 11.1 Å². The van der Waals surface area contributed by atoms with Gasteiger partial charge in [-0.05, 0) is 24.1 Å². The van der Waals surface area contributed by atoms with Crippen LogP contribution in [-0.4, -0.2) is 72.8 Å². The van der Waals surface area contributed by atoms with Gasteiger partial charge in [-0.3, -0.25) is 29.1 Å². The lowest BCUT2D eigenvalue weighted by atomic mass is 9.95. The number of fused-ring (bicyclic) bond motifs is 1. The molecule has 1 unspecified atom stereocenters. The fourth-order valence-electron chi connectivity index (χ4n) is 3.40. The van der Waals surface area contributed by atoms with E-state index in [9.17, 15) is 29.1 Å². The van der Waals surface area contributed by atoms with Gasteiger partial charge in [0.15, 0.2) is 0 Å². The largest absolute Gasteiger partial charge is 0.481 e. The molecule has 2 aliphatic heterocycles. The zero-order chi connectivity index (χ0) is 23.3. The maximum Gasteiger partial charge on any atom is 0.352 e. The van der Waals surface area contributed by atoms with E-state index < -0.39 is 34.8 Å². The first-order valence-corrected chi connectivity index (χ1v) is 11.5. The van der Waals surface area contributed by atoms with Crippen molar-refractivity contribution in [3.8, 4) is 0 Å². The summed E-state index contributed by atoms with van der Waals surface area (Å²) in [5, 5.41) is 22.4. The summed E-state index contributed by atoms with van der Waals surface area (Å²) >= 11 is 2.63. The Kier molecular flexibility index (Phi) is 7.40. The number of hydrogen-bond donors (Lipinski definition) is 4. The SMILES string of the molecule is O=CNC1(NC(=O)CCCC(=O)O)C(=O)N2C(C(=O)O)=C(CSc3ccncc3)CS[C@H]21. The zero-order valence-electron chi connectivity index (χ0n) is 16.6. The topological polar surface area (TPSA) is 166 Å². The third kappa shape index (κ3) is 4.72. The number of carbonyl (C=O) groups excluding carboxylic acids is 3. The molecule has 11 nitrogen and oxygen atoms in total. The van der Waals surface area contributed by atoms with E-state index in [4.69, 9.17) is 5.11 Å². The molecular weight excluding hydrogens is 460 g/mol. The molecule has 0 spiro atoms. The smallest absolute Gasteiger partial charge is 0.352 e. The van der Waals surface area contributed by atoms with E-state index in [1.54, 1.807) is 24.5 Å². The van der Waals surface area contributed by atoms with Crippen molar-refractivity contribution in [2.75, 3.05) is 11.5 Å². The number of thioether (sulfide) groups is 2. The van der Waals surface area contributed by atoms with Crippen molar-refractivity contribution in [2.24, 2.45) is 0 Å². The quantitative estimate of drug-likeness (QED) is 0.149. The van der Waals surface area contributed by atoms with Crippen LogP contribution in [-0.2, 0) is 24.0 Å². The molecular formula is C19H20N4O7S2. The number of rotatable bonds is 11. The minimum atomic E-state index is -1.78. The molecule has 0 aliphatic carbocycles. The van der Waals surface area contributed by atoms with Crippen molar-refractivity contribution in [3.05, 3.63) is 35.8 Å². The molecule has 3 rings (SSSR count). The van der Waals surface area contributed by atoms with E-state index in [0.29, 0.717) is 11.3 Å². The number of β-lactam (4-membered cyclic amide) rings is 1. The highest BCUT2D eigenvalue weighted by atomic mass is 32.2. The van der Waals surface area contributed by atoms with E-state index in [2.05, 4.69) is 15.6 Å². The van der Waals surface area contributed by atoms with E-state index in [1.165, 1.54) is 23.5 Å². The third-order valence-corrected chi connectivity index (χ3v) is 7.33. The van der Waals surface area contributed by atoms with Gasteiger partial charge in [-0.15, -0.1) is 23.5 Å². The minimum absolute atomic E-state index is 0.0602. The average Bonchev–Trinajstić information content (AvgIpc) is 2.76. The number of aliphatic carboxylic acids is 2. The molecule has 2 aliphatic rings. The molecule has 1 saturated heterocycles. The average molecular weight is 481 g/mol. The maximum absolute atomic E-state index is 13.0. The van der Waals surface area contributed by atoms with Crippen LogP contribution in [0.15, 0.2) is 40.7 Å². The molecule has 1 aromatic rings. The van der Waals surface area contributed by atoms with Crippen molar-refractivity contribution in [2.45, 2.75) is 35.2 Å². The molecule has 1 aromatic heterocycles. The van der Waals surface area contributed by atoms with Crippen molar-refractivity contribution in [1.29, 1.82) is 0 Å². The van der Waals surface area contributed by atoms with Gasteiger partial charge < -0.3 is 20.8 Å². The summed E-state index contributed by atoms with van der Waals surface area (Å²) in [5.74, 6) is -3.09. The van der Waals surface area contributed by atoms with Crippen molar-refractivity contribution < 1.29 is 34.2 Å². The lowest BCUT2D eigenvalue weighted by molar-refractivity contribution is -0.162. The van der Waals surface area contributed by atoms with Gasteiger partial charge >= 0.3 is 11.9 Å². The van der Waals surface area contributed by atoms with E-state index in [0.717, 1.165) is 9.80 Å². The molecule has 1 fully saturated rings. The fraction of sp³-hybridized carbons (Fsp3) is 0.368. The van der Waals surface area contributed by atoms with E-state index >= 15 is 0 Å². The molecule has 3 heterocycles. The second-order valence-electron chi connectivity index (χ2n) is 6.93. The predicted molar refractivity (Wildman–Crippen MR) is 114 cm³/mol. The van der Waals surface area contributed by atoms with Crippen molar-refractivity contribution in [1.82, 2.24) is 20.5 Å². The summed E-state index contributed by atoms with van der Waals surface area (Å²) in [7, 11) is 0. The molecule has 2 atom stereocenters. The number of nitrogens with one attached hydrogen (secondary N) is 2. The summed E-state index contributed by atoms with van der Waals surface area (Å²) in [6.45, 7) is 0. The van der Waals surface area contributed by atoms with Gasteiger partial charge in [0.25, 0.3) is 5.91 Å². The number of carbonyl (C=O) groups is 5. The van der Waals surface area contributed by atoms with Crippen LogP contribution < -0.4 is 10.6 Å². The van der Waals surface area contributed by atoms with Gasteiger partial charge in [-0.25, -0.2) is 4.79 Å². The van der Waals surface area contributed by atoms with Gasteiger partial charge in [0.05, 0.1) is 0 Å². The third-order valence-electron chi connectivity index (χ3n) is 4.84. The zero-order valence-corrected chi connectivity index (χ0v) is 18.3. The first-order chi connectivity index (χ1) is 15.3. The van der Waals surface area contributed by atoms with Crippen LogP contribution in [0.1, 0.15) is 19.3 Å². The van der Waals surface area contributed by atoms with Gasteiger partial charge in [0, 0.05) is 41.6 Å². The summed E-state index contributed by atoms with van der Waals surface area (Å²) in [6, 6.07) is 3.58. The van der Waals surface area contributed by atoms with Crippen LogP contribution in [0.5, 0.6) is 0 Å². The molecule has 4 N–H and O–H groups in total. The van der Waals surface area contributed by atoms with Gasteiger partial charge in [-0.1, -0.05) is 0 Å². The highest BCUT2D eigenvalue weighted by Gasteiger charge is 2.65. The molecule has 170 valence electrons. The lowest BCUT2D eigenvalue weighted by Crippen LogP contribution is -2.85. The minimum Gasteiger partial charge on any atom is -0.481 e. The fourth-order valence-corrected chi connectivity index (χ4v) is 5.84. The first kappa shape index (κ1) is 23.6. The van der Waals surface area contributed by atoms with Crippen LogP contribution in [0.2, 0.25) is 0 Å². The molecule has 13 heteroatoms. The number of nitrogens with zero attached hydrogens (tertiary/aromatic N) is 2. The highest BCUT2D eigenvalue weighted by Crippen LogP contribution is 2.45. The lowest BCUT2D eigenvalue weighted by Gasteiger charge is -2.56. The summed E-state index contributed by atoms with van der Waals surface area (Å²) in [4.78, 5) is 65.0. The molecule has 0 bridgehead atoms. The highest BCUT2D eigenvalue weighted by molar-refractivity contribution is 8.01. The van der Waals surface area contributed by atoms with Gasteiger partial charge in [-0.2, -0.15) is 0 Å². The van der Waals surface area contributed by atoms with Gasteiger partial charge in [0.2, 0.25) is 18.0 Å². The number of hydrogen-bond acceptors (Lipinski definition) is 8. The molecule has 0 saturated carbocycles. The Morgan fingerprint density at radius 2 is 2.00 bits per heavy atom. The van der Waals surface area contributed by atoms with Crippen molar-refractivity contribution in [3.63, 3.8) is 0 Å². The van der Waals surface area contributed by atoms with Crippen LogP contribution in [0.25, 0.3) is 0 Å². The molecule has 0 radical (unpaired) electrons. The Morgan fingerprint density at radius 3 is 2.62 bits per heavy atom. The number of carboxylic acids is 2. The van der Waals surface area contributed by atoms with Crippen LogP contribution in [0.3, 0.4) is 0 Å². The Bertz CT molecular complexity index is 972. The monoisotopic (exact) mass is 480 g/mol. The van der Waals surface area contributed by atoms with Crippen LogP contribution in [0.4, 0.5) is 0 Å². The molecule has 3 amide bonds. The van der Waals surface area contributed by atoms with Crippen LogP contribution in [0, 0.1) is 0 Å². The second-order valence-corrected chi connectivity index (χ2v) is 9.05. The maximum atomic E-state index is 13.0. The Morgan fingerprint density at radius 1 is 1.28 bits per heavy atom. The Hall–Kier alpha value is -3.06. The van der Waals surface area contributed by atoms with E-state index in [1.807, 2.05) is 0 Å². The summed E-state index contributed by atoms with van der Waals surface area (Å²) in [6.07, 6.45) is 3.20. The van der Waals surface area contributed by atoms with Crippen LogP contribution >= 0.6 is 23.5 Å². The Labute approximate surface area is 191 Å². The number of aromatic nitrogens is 1. The number of carboxylic acid groups (broad SMARTS) is 2. The van der Waals surface area contributed by atoms with Crippen molar-refractivity contribution >= 4 is 53.7 Å². The molecule has 32 heavy (non-hydrogen) atoms. The standard InChI is InChI=1S/C19H20N4O7S2/c24-10-21-19(22-13(25)2-1-3-14(26)27)17(30)23-15(16(28)29)11(9-32-18(19)23)8-31-12-4-6-20-7-5-12/h4-7,10,18H,1-3,8-9H2,(H,21,24)(H,22,25)(H,26,27)(H,28,29)/t18-,19?/m0/s1. The summed E-state index contributed by atoms with van der Waals surface area (Å²) in [5.41, 5.74) is -1.40. The first-order valence-electron chi connectivity index (χ1n) is 9.47. The Balaban J connectivity index is 1.78. The summed E-state index contributed by atoms with van der Waals surface area (Å²) < 4.78 is 0. The number of pyridine rings is 1. The second kappa shape index (κ2) is 10.0. The normalized spacial score (nSPS) is 21.9.